The molecule has 0 aliphatic carbocycles. The van der Waals surface area contributed by atoms with E-state index in [1.807, 2.05) is 6.26 Å². The van der Waals surface area contributed by atoms with E-state index < -0.39 is 23.7 Å². The van der Waals surface area contributed by atoms with Crippen molar-refractivity contribution in [3.63, 3.8) is 0 Å². The van der Waals surface area contributed by atoms with E-state index in [1.165, 1.54) is 25.3 Å². The van der Waals surface area contributed by atoms with Crippen molar-refractivity contribution < 1.29 is 18.7 Å². The first-order valence-electron chi connectivity index (χ1n) is 5.82. The van der Waals surface area contributed by atoms with Crippen LogP contribution in [0.1, 0.15) is 16.8 Å². The van der Waals surface area contributed by atoms with Crippen molar-refractivity contribution in [1.82, 2.24) is 5.32 Å². The van der Waals surface area contributed by atoms with Crippen LogP contribution in [0.3, 0.4) is 0 Å². The van der Waals surface area contributed by atoms with Crippen LogP contribution in [0.4, 0.5) is 4.39 Å². The summed E-state index contributed by atoms with van der Waals surface area (Å²) in [5.74, 6) is -1.14. The number of nitrogens with one attached hydrogen (secondary N) is 1. The SMILES string of the molecule is COC(=O)[C@@H](CCSC)NC(=O)c1cc(Br)ccc1F. The van der Waals surface area contributed by atoms with Crippen LogP contribution in [0.15, 0.2) is 22.7 Å². The minimum atomic E-state index is -0.779. The second kappa shape index (κ2) is 8.26. The molecule has 0 heterocycles. The molecule has 1 N–H and O–H groups in total. The van der Waals surface area contributed by atoms with Crippen LogP contribution in [0.2, 0.25) is 0 Å². The fourth-order valence-corrected chi connectivity index (χ4v) is 2.37. The van der Waals surface area contributed by atoms with Crippen molar-refractivity contribution in [3.8, 4) is 0 Å². The van der Waals surface area contributed by atoms with Gasteiger partial charge in [0.2, 0.25) is 0 Å². The molecule has 0 fully saturated rings. The number of esters is 1. The maximum atomic E-state index is 13.6. The lowest BCUT2D eigenvalue weighted by Gasteiger charge is -2.16. The van der Waals surface area contributed by atoms with Crippen molar-refractivity contribution in [2.45, 2.75) is 12.5 Å². The number of amides is 1. The Bertz CT molecular complexity index is 499. The lowest BCUT2D eigenvalue weighted by Crippen LogP contribution is -2.42. The Kier molecular flexibility index (Phi) is 7.01. The predicted octanol–water partition coefficient (Wildman–Crippen LogP) is 2.61. The summed E-state index contributed by atoms with van der Waals surface area (Å²) in [6.45, 7) is 0. The molecule has 0 aromatic heterocycles. The maximum absolute atomic E-state index is 13.6. The number of rotatable bonds is 6. The van der Waals surface area contributed by atoms with Crippen molar-refractivity contribution in [2.24, 2.45) is 0 Å². The fourth-order valence-electron chi connectivity index (χ4n) is 1.53. The predicted molar refractivity (Wildman–Crippen MR) is 80.4 cm³/mol. The molecule has 0 aliphatic rings. The van der Waals surface area contributed by atoms with Gasteiger partial charge in [0, 0.05) is 4.47 Å². The van der Waals surface area contributed by atoms with Crippen molar-refractivity contribution >= 4 is 39.6 Å². The van der Waals surface area contributed by atoms with Gasteiger partial charge in [0.1, 0.15) is 11.9 Å². The Balaban J connectivity index is 2.84. The molecule has 1 aromatic carbocycles. The molecular formula is C13H15BrFNO3S. The van der Waals surface area contributed by atoms with Crippen LogP contribution in [0, 0.1) is 5.82 Å². The number of hydrogen-bond acceptors (Lipinski definition) is 4. The van der Waals surface area contributed by atoms with Gasteiger partial charge in [0.15, 0.2) is 0 Å². The van der Waals surface area contributed by atoms with Crippen molar-refractivity contribution in [3.05, 3.63) is 34.1 Å². The summed E-state index contributed by atoms with van der Waals surface area (Å²) in [6, 6.07) is 3.28. The summed E-state index contributed by atoms with van der Waals surface area (Å²) in [6.07, 6.45) is 2.32. The topological polar surface area (TPSA) is 55.4 Å². The summed E-state index contributed by atoms with van der Waals surface area (Å²) < 4.78 is 18.8. The van der Waals surface area contributed by atoms with Gasteiger partial charge in [0.25, 0.3) is 5.91 Å². The molecule has 0 saturated heterocycles. The Morgan fingerprint density at radius 3 is 2.80 bits per heavy atom. The van der Waals surface area contributed by atoms with E-state index in [0.717, 1.165) is 0 Å². The molecule has 0 aliphatic heterocycles. The number of ether oxygens (including phenoxy) is 1. The Morgan fingerprint density at radius 2 is 2.20 bits per heavy atom. The third kappa shape index (κ3) is 4.79. The van der Waals surface area contributed by atoms with Gasteiger partial charge < -0.3 is 10.1 Å². The van der Waals surface area contributed by atoms with E-state index in [0.29, 0.717) is 16.6 Å². The minimum absolute atomic E-state index is 0.113. The molecule has 1 rings (SSSR count). The monoisotopic (exact) mass is 363 g/mol. The first-order chi connectivity index (χ1) is 9.49. The summed E-state index contributed by atoms with van der Waals surface area (Å²) in [5.41, 5.74) is -0.113. The average molecular weight is 364 g/mol. The summed E-state index contributed by atoms with van der Waals surface area (Å²) in [4.78, 5) is 23.6. The second-order valence-corrected chi connectivity index (χ2v) is 5.86. The van der Waals surface area contributed by atoms with E-state index >= 15 is 0 Å². The largest absolute Gasteiger partial charge is 0.467 e. The second-order valence-electron chi connectivity index (χ2n) is 3.95. The number of carbonyl (C=O) groups is 2. The highest BCUT2D eigenvalue weighted by Crippen LogP contribution is 2.16. The molecular weight excluding hydrogens is 349 g/mol. The maximum Gasteiger partial charge on any atom is 0.328 e. The molecule has 1 amide bonds. The molecule has 0 unspecified atom stereocenters. The number of hydrogen-bond donors (Lipinski definition) is 1. The minimum Gasteiger partial charge on any atom is -0.467 e. The van der Waals surface area contributed by atoms with Crippen LogP contribution < -0.4 is 5.32 Å². The molecule has 1 atom stereocenters. The molecule has 7 heteroatoms. The lowest BCUT2D eigenvalue weighted by molar-refractivity contribution is -0.142. The molecule has 110 valence electrons. The highest BCUT2D eigenvalue weighted by atomic mass is 79.9. The summed E-state index contributed by atoms with van der Waals surface area (Å²) >= 11 is 4.72. The molecule has 0 spiro atoms. The van der Waals surface area contributed by atoms with Gasteiger partial charge in [-0.2, -0.15) is 11.8 Å². The van der Waals surface area contributed by atoms with Gasteiger partial charge in [0.05, 0.1) is 12.7 Å². The Morgan fingerprint density at radius 1 is 1.50 bits per heavy atom. The molecule has 1 aromatic rings. The highest BCUT2D eigenvalue weighted by molar-refractivity contribution is 9.10. The van der Waals surface area contributed by atoms with Crippen molar-refractivity contribution in [1.29, 1.82) is 0 Å². The van der Waals surface area contributed by atoms with E-state index in [1.54, 1.807) is 11.8 Å². The Labute approximate surface area is 129 Å². The van der Waals surface area contributed by atoms with Gasteiger partial charge in [-0.05, 0) is 36.6 Å². The first-order valence-corrected chi connectivity index (χ1v) is 8.01. The fraction of sp³-hybridized carbons (Fsp3) is 0.385. The molecule has 0 bridgehead atoms. The number of carbonyl (C=O) groups excluding carboxylic acids is 2. The normalized spacial score (nSPS) is 11.8. The van der Waals surface area contributed by atoms with Gasteiger partial charge >= 0.3 is 5.97 Å². The smallest absolute Gasteiger partial charge is 0.328 e. The standard InChI is InChI=1S/C13H15BrFNO3S/c1-19-13(18)11(5-6-20-2)16-12(17)9-7-8(14)3-4-10(9)15/h3-4,7,11H,5-6H2,1-2H3,(H,16,17)/t11-/m1/s1. The van der Waals surface area contributed by atoms with Gasteiger partial charge in [-0.3, -0.25) is 4.79 Å². The van der Waals surface area contributed by atoms with Gasteiger partial charge in [-0.1, -0.05) is 15.9 Å². The summed E-state index contributed by atoms with van der Waals surface area (Å²) in [5, 5.41) is 2.50. The van der Waals surface area contributed by atoms with E-state index in [4.69, 9.17) is 0 Å². The average Bonchev–Trinajstić information content (AvgIpc) is 2.44. The van der Waals surface area contributed by atoms with Gasteiger partial charge in [-0.25, -0.2) is 9.18 Å². The van der Waals surface area contributed by atoms with Crippen LogP contribution >= 0.6 is 27.7 Å². The lowest BCUT2D eigenvalue weighted by atomic mass is 10.1. The number of halogens is 2. The third-order valence-corrected chi connectivity index (χ3v) is 3.71. The molecule has 0 radical (unpaired) electrons. The third-order valence-electron chi connectivity index (χ3n) is 2.57. The number of thioether (sulfide) groups is 1. The van der Waals surface area contributed by atoms with Crippen LogP contribution in [0.25, 0.3) is 0 Å². The quantitative estimate of drug-likeness (QED) is 0.789. The van der Waals surface area contributed by atoms with Crippen LogP contribution in [-0.4, -0.2) is 37.0 Å². The number of benzene rings is 1. The van der Waals surface area contributed by atoms with E-state index in [9.17, 15) is 14.0 Å². The van der Waals surface area contributed by atoms with Crippen LogP contribution in [0.5, 0.6) is 0 Å². The molecule has 0 saturated carbocycles. The Hall–Kier alpha value is -1.08. The molecule has 4 nitrogen and oxygen atoms in total. The van der Waals surface area contributed by atoms with E-state index in [2.05, 4.69) is 26.0 Å². The zero-order chi connectivity index (χ0) is 15.1. The first kappa shape index (κ1) is 17.0. The number of methoxy groups -OCH3 is 1. The summed E-state index contributed by atoms with van der Waals surface area (Å²) in [7, 11) is 1.25. The zero-order valence-corrected chi connectivity index (χ0v) is 13.5. The highest BCUT2D eigenvalue weighted by Gasteiger charge is 2.23. The zero-order valence-electron chi connectivity index (χ0n) is 11.1. The van der Waals surface area contributed by atoms with Crippen LogP contribution in [-0.2, 0) is 9.53 Å². The van der Waals surface area contributed by atoms with Gasteiger partial charge in [-0.15, -0.1) is 0 Å². The van der Waals surface area contributed by atoms with Crippen molar-refractivity contribution in [2.75, 3.05) is 19.1 Å². The molecule has 20 heavy (non-hydrogen) atoms. The van der Waals surface area contributed by atoms with E-state index in [-0.39, 0.29) is 5.56 Å².